The van der Waals surface area contributed by atoms with Crippen LogP contribution in [0, 0.1) is 0 Å². The Morgan fingerprint density at radius 2 is 2.00 bits per heavy atom. The summed E-state index contributed by atoms with van der Waals surface area (Å²) in [7, 11) is 0. The lowest BCUT2D eigenvalue weighted by molar-refractivity contribution is -0.137. The minimum atomic E-state index is -4.63. The van der Waals surface area contributed by atoms with Crippen LogP contribution in [0.5, 0.6) is 0 Å². The van der Waals surface area contributed by atoms with Crippen molar-refractivity contribution >= 4 is 28.8 Å². The van der Waals surface area contributed by atoms with Gasteiger partial charge in [0.2, 0.25) is 0 Å². The lowest BCUT2D eigenvalue weighted by atomic mass is 10.1. The smallest absolute Gasteiger partial charge is 0.417 e. The molecule has 1 aromatic carbocycles. The summed E-state index contributed by atoms with van der Waals surface area (Å²) in [6, 6.07) is 4.59. The number of furan rings is 1. The molecule has 3 N–H and O–H groups in total. The van der Waals surface area contributed by atoms with E-state index in [1.54, 1.807) is 0 Å². The Hall–Kier alpha value is -2.35. The fourth-order valence-corrected chi connectivity index (χ4v) is 1.85. The molecule has 0 radical (unpaired) electrons. The zero-order valence-corrected chi connectivity index (χ0v) is 11.2. The van der Waals surface area contributed by atoms with Crippen molar-refractivity contribution in [2.75, 3.05) is 5.32 Å². The lowest BCUT2D eigenvalue weighted by Crippen LogP contribution is -2.19. The molecule has 2 rings (SSSR count). The van der Waals surface area contributed by atoms with Crippen LogP contribution in [0.3, 0.4) is 0 Å². The molecule has 0 aliphatic rings. The normalized spacial score (nSPS) is 11.2. The maximum absolute atomic E-state index is 13.0. The molecule has 1 heterocycles. The Morgan fingerprint density at radius 3 is 2.52 bits per heavy atom. The van der Waals surface area contributed by atoms with Gasteiger partial charge in [-0.2, -0.15) is 13.2 Å². The van der Waals surface area contributed by atoms with Gasteiger partial charge in [-0.25, -0.2) is 0 Å². The van der Waals surface area contributed by atoms with Crippen molar-refractivity contribution in [1.29, 1.82) is 0 Å². The van der Waals surface area contributed by atoms with E-state index in [9.17, 15) is 18.0 Å². The molecule has 0 saturated carbocycles. The predicted octanol–water partition coefficient (Wildman–Crippen LogP) is 3.18. The largest absolute Gasteiger partial charge is 0.472 e. The molecule has 0 bridgehead atoms. The summed E-state index contributed by atoms with van der Waals surface area (Å²) in [4.78, 5) is 11.4. The quantitative estimate of drug-likeness (QED) is 0.854. The maximum atomic E-state index is 13.0. The third-order valence-corrected chi connectivity index (χ3v) is 2.85. The minimum Gasteiger partial charge on any atom is -0.472 e. The number of anilines is 1. The number of alkyl halides is 3. The molecule has 2 aromatic rings. The van der Waals surface area contributed by atoms with E-state index in [1.165, 1.54) is 24.7 Å². The molecule has 21 heavy (non-hydrogen) atoms. The van der Waals surface area contributed by atoms with Gasteiger partial charge in [-0.3, -0.25) is 4.79 Å². The Kier molecular flexibility index (Phi) is 3.99. The number of hydrogen-bond donors (Lipinski definition) is 2. The van der Waals surface area contributed by atoms with Crippen molar-refractivity contribution in [3.05, 3.63) is 53.5 Å². The highest BCUT2D eigenvalue weighted by Crippen LogP contribution is 2.34. The Morgan fingerprint density at radius 1 is 1.29 bits per heavy atom. The summed E-state index contributed by atoms with van der Waals surface area (Å²) in [5, 5.41) is 2.34. The fraction of sp³-hybridized carbons (Fsp3) is 0.0769. The lowest BCUT2D eigenvalue weighted by Gasteiger charge is -2.14. The van der Waals surface area contributed by atoms with Crippen LogP contribution in [0.15, 0.2) is 41.2 Å². The zero-order chi connectivity index (χ0) is 15.6. The number of benzene rings is 1. The monoisotopic (exact) mass is 314 g/mol. The van der Waals surface area contributed by atoms with Crippen LogP contribution in [0.2, 0.25) is 0 Å². The molecule has 0 aliphatic heterocycles. The van der Waals surface area contributed by atoms with Crippen LogP contribution >= 0.6 is 12.2 Å². The van der Waals surface area contributed by atoms with E-state index in [2.05, 4.69) is 17.5 Å². The number of nitrogens with one attached hydrogen (secondary N) is 1. The first-order chi connectivity index (χ1) is 9.79. The van der Waals surface area contributed by atoms with E-state index in [0.717, 1.165) is 12.1 Å². The van der Waals surface area contributed by atoms with Crippen LogP contribution < -0.4 is 11.1 Å². The van der Waals surface area contributed by atoms with E-state index < -0.39 is 17.6 Å². The summed E-state index contributed by atoms with van der Waals surface area (Å²) in [6.07, 6.45) is -2.16. The van der Waals surface area contributed by atoms with Crippen LogP contribution in [0.25, 0.3) is 0 Å². The first kappa shape index (κ1) is 15.0. The number of carbonyl (C=O) groups excluding carboxylic acids is 1. The first-order valence-corrected chi connectivity index (χ1v) is 6.04. The number of thiocarbonyl (C=S) groups is 1. The van der Waals surface area contributed by atoms with Crippen molar-refractivity contribution in [3.63, 3.8) is 0 Å². The predicted molar refractivity (Wildman–Crippen MR) is 74.0 cm³/mol. The zero-order valence-electron chi connectivity index (χ0n) is 10.4. The number of nitrogens with two attached hydrogens (primary N) is 1. The summed E-state index contributed by atoms with van der Waals surface area (Å²) < 4.78 is 43.6. The van der Waals surface area contributed by atoms with Gasteiger partial charge in [-0.15, -0.1) is 0 Å². The first-order valence-electron chi connectivity index (χ1n) is 5.63. The topological polar surface area (TPSA) is 68.3 Å². The third kappa shape index (κ3) is 3.40. The average molecular weight is 314 g/mol. The number of halogens is 3. The highest BCUT2D eigenvalue weighted by Gasteiger charge is 2.34. The van der Waals surface area contributed by atoms with Gasteiger partial charge in [0.05, 0.1) is 17.4 Å². The maximum Gasteiger partial charge on any atom is 0.417 e. The molecule has 0 fully saturated rings. The van der Waals surface area contributed by atoms with Gasteiger partial charge in [0.1, 0.15) is 11.3 Å². The molecule has 0 saturated heterocycles. The van der Waals surface area contributed by atoms with E-state index >= 15 is 0 Å². The SMILES string of the molecule is NC(=S)c1ccc(NC(=O)c2ccoc2)cc1C(F)(F)F. The minimum absolute atomic E-state index is 0.0199. The highest BCUT2D eigenvalue weighted by molar-refractivity contribution is 7.80. The molecule has 4 nitrogen and oxygen atoms in total. The van der Waals surface area contributed by atoms with E-state index in [1.807, 2.05) is 0 Å². The summed E-state index contributed by atoms with van der Waals surface area (Å²) in [6.45, 7) is 0. The second kappa shape index (κ2) is 5.57. The molecule has 0 spiro atoms. The molecule has 0 atom stereocenters. The van der Waals surface area contributed by atoms with E-state index in [4.69, 9.17) is 10.2 Å². The Balaban J connectivity index is 2.34. The second-order valence-electron chi connectivity index (χ2n) is 4.09. The number of rotatable bonds is 3. The second-order valence-corrected chi connectivity index (χ2v) is 4.53. The van der Waals surface area contributed by atoms with Crippen molar-refractivity contribution in [2.45, 2.75) is 6.18 Å². The van der Waals surface area contributed by atoms with Crippen LogP contribution in [-0.2, 0) is 6.18 Å². The Labute approximate surface area is 122 Å². The number of amides is 1. The van der Waals surface area contributed by atoms with Gasteiger partial charge in [-0.1, -0.05) is 12.2 Å². The third-order valence-electron chi connectivity index (χ3n) is 2.63. The van der Waals surface area contributed by atoms with Crippen molar-refractivity contribution in [2.24, 2.45) is 5.73 Å². The molecule has 1 aromatic heterocycles. The van der Waals surface area contributed by atoms with E-state index in [-0.39, 0.29) is 21.8 Å². The summed E-state index contributed by atoms with van der Waals surface area (Å²) in [5.74, 6) is -0.583. The van der Waals surface area contributed by atoms with Crippen molar-refractivity contribution in [3.8, 4) is 0 Å². The molecule has 8 heteroatoms. The average Bonchev–Trinajstić information content (AvgIpc) is 2.91. The fourth-order valence-electron chi connectivity index (χ4n) is 1.67. The van der Waals surface area contributed by atoms with E-state index in [0.29, 0.717) is 0 Å². The summed E-state index contributed by atoms with van der Waals surface area (Å²) >= 11 is 4.59. The molecule has 0 aliphatic carbocycles. The number of hydrogen-bond acceptors (Lipinski definition) is 3. The Bertz CT molecular complexity index is 681. The van der Waals surface area contributed by atoms with Gasteiger partial charge in [0, 0.05) is 11.3 Å². The molecular weight excluding hydrogens is 305 g/mol. The number of carbonyl (C=O) groups is 1. The van der Waals surface area contributed by atoms with Gasteiger partial charge in [0.25, 0.3) is 5.91 Å². The standard InChI is InChI=1S/C13H9F3N2O2S/c14-13(15,16)10-5-8(1-2-9(10)11(17)21)18-12(19)7-3-4-20-6-7/h1-6H,(H2,17,21)(H,18,19). The van der Waals surface area contributed by atoms with Gasteiger partial charge < -0.3 is 15.5 Å². The molecule has 0 unspecified atom stereocenters. The highest BCUT2D eigenvalue weighted by atomic mass is 32.1. The van der Waals surface area contributed by atoms with Gasteiger partial charge >= 0.3 is 6.18 Å². The molecular formula is C13H9F3N2O2S. The summed E-state index contributed by atoms with van der Waals surface area (Å²) in [5.41, 5.74) is 4.16. The van der Waals surface area contributed by atoms with Crippen molar-refractivity contribution in [1.82, 2.24) is 0 Å². The van der Waals surface area contributed by atoms with Crippen molar-refractivity contribution < 1.29 is 22.4 Å². The molecule has 1 amide bonds. The molecule has 110 valence electrons. The van der Waals surface area contributed by atoms with Gasteiger partial charge in [-0.05, 0) is 24.3 Å². The van der Waals surface area contributed by atoms with Crippen LogP contribution in [-0.4, -0.2) is 10.9 Å². The van der Waals surface area contributed by atoms with Crippen LogP contribution in [0.1, 0.15) is 21.5 Å². The van der Waals surface area contributed by atoms with Gasteiger partial charge in [0.15, 0.2) is 0 Å². The van der Waals surface area contributed by atoms with Crippen LogP contribution in [0.4, 0.5) is 18.9 Å².